The first-order chi connectivity index (χ1) is 29.1. The van der Waals surface area contributed by atoms with E-state index in [0.717, 1.165) is 33.5 Å². The van der Waals surface area contributed by atoms with Crippen molar-refractivity contribution in [2.45, 2.75) is 12.3 Å². The van der Waals surface area contributed by atoms with Crippen LogP contribution in [0.2, 0.25) is 0 Å². The maximum atomic E-state index is 5.20. The van der Waals surface area contributed by atoms with Gasteiger partial charge in [0.15, 0.2) is 5.84 Å². The summed E-state index contributed by atoms with van der Waals surface area (Å²) in [6, 6.07) is 70.8. The van der Waals surface area contributed by atoms with Crippen LogP contribution in [-0.4, -0.2) is 17.1 Å². The number of para-hydroxylation sites is 2. The largest absolute Gasteiger partial charge is 0.309 e. The predicted molar refractivity (Wildman–Crippen MR) is 247 cm³/mol. The number of hydrogen-bond acceptors (Lipinski definition) is 1. The molecule has 0 atom stereocenters. The molecule has 9 aromatic carbocycles. The number of aromatic nitrogens is 1. The zero-order valence-corrected chi connectivity index (χ0v) is 32.5. The maximum Gasteiger partial charge on any atom is 0.159 e. The van der Waals surface area contributed by atoms with E-state index in [1.807, 2.05) is 0 Å². The lowest BCUT2D eigenvalue weighted by Crippen LogP contribution is -2.33. The first-order valence-electron chi connectivity index (χ1n) is 20.3. The molecule has 2 heterocycles. The minimum Gasteiger partial charge on any atom is -0.309 e. The number of hydrogen-bond donors (Lipinski definition) is 0. The van der Waals surface area contributed by atoms with E-state index >= 15 is 0 Å². The van der Waals surface area contributed by atoms with E-state index in [-0.39, 0.29) is 0 Å². The summed E-state index contributed by atoms with van der Waals surface area (Å²) >= 11 is 0. The summed E-state index contributed by atoms with van der Waals surface area (Å²) in [6.07, 6.45) is 0. The van der Waals surface area contributed by atoms with Crippen LogP contribution in [0.25, 0.3) is 71.6 Å². The quantitative estimate of drug-likeness (QED) is 0.127. The Balaban J connectivity index is 1.08. The summed E-state index contributed by atoms with van der Waals surface area (Å²) in [6.45, 7) is 6.18. The predicted octanol–water partition coefficient (Wildman–Crippen LogP) is 14.0. The van der Waals surface area contributed by atoms with Crippen LogP contribution in [0.15, 0.2) is 204 Å². The molecule has 1 aliphatic heterocycles. The molecule has 276 valence electrons. The number of rotatable bonds is 4. The molecule has 1 spiro atoms. The fourth-order valence-corrected chi connectivity index (χ4v) is 10.4. The van der Waals surface area contributed by atoms with E-state index in [1.54, 1.807) is 0 Å². The molecule has 0 N–H and O–H groups in total. The molecule has 0 saturated heterocycles. The van der Waals surface area contributed by atoms with Crippen LogP contribution in [0.4, 0.5) is 5.69 Å². The number of benzene rings is 9. The number of nitrogens with zero attached hydrogens (tertiary/aromatic N) is 3. The first-order valence-corrected chi connectivity index (χ1v) is 20.3. The van der Waals surface area contributed by atoms with Crippen LogP contribution in [0.1, 0.15) is 33.4 Å². The van der Waals surface area contributed by atoms with E-state index in [4.69, 9.17) is 4.99 Å². The fraction of sp³-hybridized carbons (Fsp3) is 0.0357. The molecule has 59 heavy (non-hydrogen) atoms. The molecule has 0 fully saturated rings. The highest BCUT2D eigenvalue weighted by Gasteiger charge is 2.50. The van der Waals surface area contributed by atoms with Gasteiger partial charge in [0.2, 0.25) is 0 Å². The Kier molecular flexibility index (Phi) is 7.21. The Morgan fingerprint density at radius 3 is 1.93 bits per heavy atom. The zero-order chi connectivity index (χ0) is 39.2. The van der Waals surface area contributed by atoms with Crippen molar-refractivity contribution < 1.29 is 0 Å². The minimum atomic E-state index is -0.512. The summed E-state index contributed by atoms with van der Waals surface area (Å²) in [4.78, 5) is 9.75. The van der Waals surface area contributed by atoms with E-state index in [1.165, 1.54) is 77.2 Å². The molecule has 2 aliphatic rings. The summed E-state index contributed by atoms with van der Waals surface area (Å²) in [5, 5.41) is 4.93. The van der Waals surface area contributed by atoms with Crippen LogP contribution < -0.4 is 0 Å². The van der Waals surface area contributed by atoms with Gasteiger partial charge in [-0.2, -0.15) is 0 Å². The van der Waals surface area contributed by atoms with Gasteiger partial charge in [0.25, 0.3) is 0 Å². The second kappa shape index (κ2) is 12.7. The smallest absolute Gasteiger partial charge is 0.159 e. The van der Waals surface area contributed by atoms with Crippen molar-refractivity contribution in [2.24, 2.45) is 9.98 Å². The molecule has 1 aliphatic carbocycles. The van der Waals surface area contributed by atoms with Gasteiger partial charge in [-0.15, -0.1) is 0 Å². The van der Waals surface area contributed by atoms with E-state index in [0.29, 0.717) is 5.84 Å². The second-order valence-corrected chi connectivity index (χ2v) is 15.8. The van der Waals surface area contributed by atoms with Gasteiger partial charge in [0, 0.05) is 16.3 Å². The molecule has 0 radical (unpaired) electrons. The van der Waals surface area contributed by atoms with Crippen molar-refractivity contribution in [1.82, 2.24) is 4.57 Å². The van der Waals surface area contributed by atoms with Gasteiger partial charge in [-0.05, 0) is 122 Å². The summed E-state index contributed by atoms with van der Waals surface area (Å²) < 4.78 is 2.51. The molecule has 10 aromatic rings. The minimum absolute atomic E-state index is 0.512. The monoisotopic (exact) mass is 751 g/mol. The lowest BCUT2D eigenvalue weighted by atomic mass is 9.65. The molecule has 3 heteroatoms. The highest BCUT2D eigenvalue weighted by Crippen LogP contribution is 2.61. The molecule has 1 aromatic heterocycles. The van der Waals surface area contributed by atoms with Crippen molar-refractivity contribution in [2.75, 3.05) is 0 Å². The van der Waals surface area contributed by atoms with Gasteiger partial charge < -0.3 is 4.57 Å². The third kappa shape index (κ3) is 4.64. The Morgan fingerprint density at radius 2 is 1.12 bits per heavy atom. The molecular weight excluding hydrogens is 715 g/mol. The van der Waals surface area contributed by atoms with E-state index in [9.17, 15) is 0 Å². The molecule has 0 amide bonds. The average molecular weight is 752 g/mol. The van der Waals surface area contributed by atoms with Gasteiger partial charge in [-0.1, -0.05) is 158 Å². The molecule has 0 bridgehead atoms. The summed E-state index contributed by atoms with van der Waals surface area (Å²) in [5.41, 5.74) is 18.5. The molecule has 12 rings (SSSR count). The highest BCUT2D eigenvalue weighted by molar-refractivity contribution is 6.14. The molecule has 3 nitrogen and oxygen atoms in total. The van der Waals surface area contributed by atoms with Gasteiger partial charge in [0.1, 0.15) is 0 Å². The van der Waals surface area contributed by atoms with Crippen LogP contribution in [0.3, 0.4) is 0 Å². The van der Waals surface area contributed by atoms with Crippen LogP contribution in [0.5, 0.6) is 0 Å². The SMILES string of the molecule is C=NC(=Nc1cccc(-c2cccc3ccccc23)c1C)c1cccc(-c2cc3c4c(c2)c2ccccc2n4-c2ccccc2C32c3ccccc3-c3ccccc32)c1. The van der Waals surface area contributed by atoms with Crippen LogP contribution in [-0.2, 0) is 5.41 Å². The lowest BCUT2D eigenvalue weighted by Gasteiger charge is -2.39. The molecule has 0 unspecified atom stereocenters. The zero-order valence-electron chi connectivity index (χ0n) is 32.5. The van der Waals surface area contributed by atoms with Crippen molar-refractivity contribution in [3.63, 3.8) is 0 Å². The fourth-order valence-electron chi connectivity index (χ4n) is 10.4. The number of amidine groups is 1. The van der Waals surface area contributed by atoms with Crippen molar-refractivity contribution in [3.05, 3.63) is 228 Å². The van der Waals surface area contributed by atoms with Gasteiger partial charge >= 0.3 is 0 Å². The Labute approximate surface area is 342 Å². The summed E-state index contributed by atoms with van der Waals surface area (Å²) in [5.74, 6) is 0.591. The lowest BCUT2D eigenvalue weighted by molar-refractivity contribution is 0.749. The van der Waals surface area contributed by atoms with Crippen LogP contribution in [0, 0.1) is 6.92 Å². The number of aliphatic imine (C=N–C) groups is 2. The normalized spacial score (nSPS) is 13.5. The second-order valence-electron chi connectivity index (χ2n) is 15.8. The van der Waals surface area contributed by atoms with Crippen molar-refractivity contribution in [1.29, 1.82) is 0 Å². The van der Waals surface area contributed by atoms with Crippen molar-refractivity contribution >= 4 is 50.8 Å². The van der Waals surface area contributed by atoms with Gasteiger partial charge in [-0.3, -0.25) is 0 Å². The van der Waals surface area contributed by atoms with E-state index in [2.05, 4.69) is 217 Å². The third-order valence-electron chi connectivity index (χ3n) is 12.9. The highest BCUT2D eigenvalue weighted by atomic mass is 15.0. The Hall–Kier alpha value is -7.62. The topological polar surface area (TPSA) is 29.6 Å². The standard InChI is InChI=1S/C56H37N3/c1-35-40(42-25-14-17-36-16-3-4-20-41(36)42)24-15-29-51(35)58-55(57-2)38-19-13-18-37(32-38)39-33-46-45-23-7-11-30-52(45)59-53-31-12-10-28-49(53)56(50(34-39)54(46)59)47-26-8-5-21-43(47)44-22-6-9-27-48(44)56/h3-34H,2H2,1H3. The molecule has 0 saturated carbocycles. The average Bonchev–Trinajstić information content (AvgIpc) is 3.79. The maximum absolute atomic E-state index is 5.20. The first kappa shape index (κ1) is 33.5. The number of fused-ring (bicyclic) bond motifs is 13. The molecular formula is C56H37N3. The third-order valence-corrected chi connectivity index (χ3v) is 12.9. The van der Waals surface area contributed by atoms with E-state index < -0.39 is 5.41 Å². The van der Waals surface area contributed by atoms with Gasteiger partial charge in [-0.25, -0.2) is 9.98 Å². The Bertz CT molecular complexity index is 3380. The van der Waals surface area contributed by atoms with Gasteiger partial charge in [0.05, 0.1) is 27.8 Å². The van der Waals surface area contributed by atoms with Crippen molar-refractivity contribution in [3.8, 4) is 39.1 Å². The van der Waals surface area contributed by atoms with Crippen LogP contribution >= 0.6 is 0 Å². The Morgan fingerprint density at radius 1 is 0.492 bits per heavy atom. The summed E-state index contributed by atoms with van der Waals surface area (Å²) in [7, 11) is 0.